The minimum absolute atomic E-state index is 0.643. The summed E-state index contributed by atoms with van der Waals surface area (Å²) in [6.45, 7) is 9.01. The van der Waals surface area contributed by atoms with Crippen LogP contribution >= 0.6 is 0 Å². The van der Waals surface area contributed by atoms with Crippen molar-refractivity contribution in [3.63, 3.8) is 0 Å². The van der Waals surface area contributed by atoms with Crippen LogP contribution in [0.3, 0.4) is 0 Å². The molecular weight excluding hydrogens is 198 g/mol. The first-order chi connectivity index (χ1) is 7.54. The number of hydrogen-bond acceptors (Lipinski definition) is 3. The summed E-state index contributed by atoms with van der Waals surface area (Å²) < 4.78 is 0. The highest BCUT2D eigenvalue weighted by Gasteiger charge is 2.23. The summed E-state index contributed by atoms with van der Waals surface area (Å²) in [6.07, 6.45) is 2.62. The van der Waals surface area contributed by atoms with Gasteiger partial charge in [0.15, 0.2) is 0 Å². The van der Waals surface area contributed by atoms with Gasteiger partial charge in [0.2, 0.25) is 0 Å². The van der Waals surface area contributed by atoms with Gasteiger partial charge in [-0.05, 0) is 58.4 Å². The highest BCUT2D eigenvalue weighted by molar-refractivity contribution is 4.79. The molecule has 1 atom stereocenters. The van der Waals surface area contributed by atoms with Gasteiger partial charge in [-0.2, -0.15) is 0 Å². The SMILES string of the molecule is CC(C)C(CN)CN(C)C1CCN(C)CC1. The Kier molecular flexibility index (Phi) is 5.73. The Bertz CT molecular complexity index is 186. The number of nitrogens with zero attached hydrogens (tertiary/aromatic N) is 2. The number of rotatable bonds is 5. The number of piperidine rings is 1. The summed E-state index contributed by atoms with van der Waals surface area (Å²) in [5.41, 5.74) is 5.84. The minimum Gasteiger partial charge on any atom is -0.330 e. The third kappa shape index (κ3) is 4.04. The molecule has 0 aromatic rings. The van der Waals surface area contributed by atoms with E-state index in [-0.39, 0.29) is 0 Å². The molecule has 0 aromatic carbocycles. The van der Waals surface area contributed by atoms with Crippen LogP contribution in [0.15, 0.2) is 0 Å². The van der Waals surface area contributed by atoms with Gasteiger partial charge in [0.05, 0.1) is 0 Å². The largest absolute Gasteiger partial charge is 0.330 e. The number of likely N-dealkylation sites (tertiary alicyclic amines) is 1. The van der Waals surface area contributed by atoms with Crippen LogP contribution in [-0.2, 0) is 0 Å². The van der Waals surface area contributed by atoms with E-state index in [9.17, 15) is 0 Å². The molecule has 2 N–H and O–H groups in total. The van der Waals surface area contributed by atoms with Crippen LogP contribution in [0.5, 0.6) is 0 Å². The molecule has 0 amide bonds. The topological polar surface area (TPSA) is 32.5 Å². The zero-order valence-electron chi connectivity index (χ0n) is 11.4. The average Bonchev–Trinajstić information content (AvgIpc) is 2.26. The molecular formula is C13H29N3. The fourth-order valence-corrected chi connectivity index (χ4v) is 2.51. The lowest BCUT2D eigenvalue weighted by Crippen LogP contribution is -2.45. The van der Waals surface area contributed by atoms with E-state index in [0.717, 1.165) is 19.1 Å². The van der Waals surface area contributed by atoms with Crippen LogP contribution in [0.1, 0.15) is 26.7 Å². The van der Waals surface area contributed by atoms with Gasteiger partial charge in [-0.25, -0.2) is 0 Å². The molecule has 0 saturated carbocycles. The first-order valence-corrected chi connectivity index (χ1v) is 6.63. The van der Waals surface area contributed by atoms with Crippen LogP contribution in [0.25, 0.3) is 0 Å². The second kappa shape index (κ2) is 6.58. The Morgan fingerprint density at radius 3 is 2.31 bits per heavy atom. The van der Waals surface area contributed by atoms with Gasteiger partial charge in [-0.3, -0.25) is 0 Å². The van der Waals surface area contributed by atoms with Gasteiger partial charge in [0, 0.05) is 12.6 Å². The molecule has 1 saturated heterocycles. The Labute approximate surface area is 101 Å². The molecule has 96 valence electrons. The molecule has 3 heteroatoms. The van der Waals surface area contributed by atoms with E-state index in [1.54, 1.807) is 0 Å². The summed E-state index contributed by atoms with van der Waals surface area (Å²) in [7, 11) is 4.48. The Morgan fingerprint density at radius 2 is 1.88 bits per heavy atom. The maximum absolute atomic E-state index is 5.84. The van der Waals surface area contributed by atoms with Crippen molar-refractivity contribution in [1.82, 2.24) is 9.80 Å². The fourth-order valence-electron chi connectivity index (χ4n) is 2.51. The highest BCUT2D eigenvalue weighted by Crippen LogP contribution is 2.17. The van der Waals surface area contributed by atoms with E-state index < -0.39 is 0 Å². The molecule has 0 radical (unpaired) electrons. The Balaban J connectivity index is 2.36. The molecule has 1 fully saturated rings. The molecule has 1 heterocycles. The lowest BCUT2D eigenvalue weighted by atomic mass is 9.94. The molecule has 16 heavy (non-hydrogen) atoms. The van der Waals surface area contributed by atoms with Crippen molar-refractivity contribution in [3.8, 4) is 0 Å². The zero-order valence-corrected chi connectivity index (χ0v) is 11.4. The number of hydrogen-bond donors (Lipinski definition) is 1. The average molecular weight is 227 g/mol. The van der Waals surface area contributed by atoms with Crippen LogP contribution in [0.4, 0.5) is 0 Å². The van der Waals surface area contributed by atoms with Gasteiger partial charge >= 0.3 is 0 Å². The normalized spacial score (nSPS) is 21.9. The minimum atomic E-state index is 0.643. The smallest absolute Gasteiger partial charge is 0.0117 e. The van der Waals surface area contributed by atoms with Crippen LogP contribution in [0.2, 0.25) is 0 Å². The van der Waals surface area contributed by atoms with E-state index in [4.69, 9.17) is 5.73 Å². The molecule has 1 aliphatic rings. The molecule has 1 aliphatic heterocycles. The first-order valence-electron chi connectivity index (χ1n) is 6.63. The second-order valence-corrected chi connectivity index (χ2v) is 5.71. The van der Waals surface area contributed by atoms with Crippen LogP contribution in [0, 0.1) is 11.8 Å². The van der Waals surface area contributed by atoms with Crippen LogP contribution in [-0.4, -0.2) is 56.1 Å². The lowest BCUT2D eigenvalue weighted by Gasteiger charge is -2.37. The monoisotopic (exact) mass is 227 g/mol. The Hall–Kier alpha value is -0.120. The maximum Gasteiger partial charge on any atom is 0.0117 e. The van der Waals surface area contributed by atoms with Gasteiger partial charge in [-0.1, -0.05) is 13.8 Å². The number of nitrogens with two attached hydrogens (primary N) is 1. The Morgan fingerprint density at radius 1 is 1.31 bits per heavy atom. The van der Waals surface area contributed by atoms with Crippen molar-refractivity contribution in [2.45, 2.75) is 32.7 Å². The molecule has 1 unspecified atom stereocenters. The first kappa shape index (κ1) is 13.9. The van der Waals surface area contributed by atoms with Gasteiger partial charge in [0.25, 0.3) is 0 Å². The molecule has 0 aromatic heterocycles. The van der Waals surface area contributed by atoms with Gasteiger partial charge in [0.1, 0.15) is 0 Å². The fraction of sp³-hybridized carbons (Fsp3) is 1.00. The summed E-state index contributed by atoms with van der Waals surface area (Å²) in [4.78, 5) is 4.96. The maximum atomic E-state index is 5.84. The molecule has 0 spiro atoms. The van der Waals surface area contributed by atoms with E-state index in [1.807, 2.05) is 0 Å². The van der Waals surface area contributed by atoms with Crippen molar-refractivity contribution in [2.24, 2.45) is 17.6 Å². The second-order valence-electron chi connectivity index (χ2n) is 5.71. The van der Waals surface area contributed by atoms with Crippen molar-refractivity contribution >= 4 is 0 Å². The summed E-state index contributed by atoms with van der Waals surface area (Å²) in [5.74, 6) is 1.34. The molecule has 1 rings (SSSR count). The molecule has 3 nitrogen and oxygen atoms in total. The van der Waals surface area contributed by atoms with Crippen LogP contribution < -0.4 is 5.73 Å². The van der Waals surface area contributed by atoms with E-state index in [0.29, 0.717) is 11.8 Å². The lowest BCUT2D eigenvalue weighted by molar-refractivity contribution is 0.121. The van der Waals surface area contributed by atoms with E-state index in [2.05, 4.69) is 37.7 Å². The van der Waals surface area contributed by atoms with Crippen molar-refractivity contribution in [1.29, 1.82) is 0 Å². The molecule has 0 aliphatic carbocycles. The van der Waals surface area contributed by atoms with Crippen molar-refractivity contribution < 1.29 is 0 Å². The quantitative estimate of drug-likeness (QED) is 0.767. The zero-order chi connectivity index (χ0) is 12.1. The van der Waals surface area contributed by atoms with Gasteiger partial charge < -0.3 is 15.5 Å². The summed E-state index contributed by atoms with van der Waals surface area (Å²) >= 11 is 0. The third-order valence-electron chi connectivity index (χ3n) is 4.08. The highest BCUT2D eigenvalue weighted by atomic mass is 15.2. The third-order valence-corrected chi connectivity index (χ3v) is 4.08. The van der Waals surface area contributed by atoms with E-state index >= 15 is 0 Å². The molecule has 0 bridgehead atoms. The predicted octanol–water partition coefficient (Wildman–Crippen LogP) is 1.24. The summed E-state index contributed by atoms with van der Waals surface area (Å²) in [6, 6.07) is 0.768. The predicted molar refractivity (Wildman–Crippen MR) is 70.5 cm³/mol. The van der Waals surface area contributed by atoms with E-state index in [1.165, 1.54) is 25.9 Å². The van der Waals surface area contributed by atoms with Crippen molar-refractivity contribution in [3.05, 3.63) is 0 Å². The summed E-state index contributed by atoms with van der Waals surface area (Å²) in [5, 5.41) is 0. The van der Waals surface area contributed by atoms with Crippen molar-refractivity contribution in [2.75, 3.05) is 40.3 Å². The standard InChI is InChI=1S/C13H29N3/c1-11(2)12(9-14)10-16(4)13-5-7-15(3)8-6-13/h11-13H,5-10,14H2,1-4H3. The van der Waals surface area contributed by atoms with Gasteiger partial charge in [-0.15, -0.1) is 0 Å².